The molecule has 1 aromatic rings. The van der Waals surface area contributed by atoms with E-state index in [1.807, 2.05) is 20.1 Å². The van der Waals surface area contributed by atoms with Crippen LogP contribution in [0.2, 0.25) is 0 Å². The van der Waals surface area contributed by atoms with E-state index in [1.54, 1.807) is 6.20 Å². The summed E-state index contributed by atoms with van der Waals surface area (Å²) < 4.78 is 0. The molecule has 0 atom stereocenters. The van der Waals surface area contributed by atoms with Crippen molar-refractivity contribution < 1.29 is 0 Å². The lowest BCUT2D eigenvalue weighted by Crippen LogP contribution is -1.92. The summed E-state index contributed by atoms with van der Waals surface area (Å²) in [7, 11) is 0. The molecule has 4 heteroatoms. The van der Waals surface area contributed by atoms with Crippen molar-refractivity contribution in [3.8, 4) is 0 Å². The van der Waals surface area contributed by atoms with Crippen molar-refractivity contribution in [2.45, 2.75) is 13.8 Å². The number of hydrogen-bond acceptors (Lipinski definition) is 4. The summed E-state index contributed by atoms with van der Waals surface area (Å²) in [5.74, 6) is 0.825. The van der Waals surface area contributed by atoms with Crippen LogP contribution in [-0.2, 0) is 0 Å². The molecule has 0 aliphatic carbocycles. The second-order valence-corrected chi connectivity index (χ2v) is 2.82. The van der Waals surface area contributed by atoms with Crippen molar-refractivity contribution in [1.82, 2.24) is 9.97 Å². The Balaban J connectivity index is 2.82. The van der Waals surface area contributed by atoms with E-state index in [2.05, 4.69) is 15.0 Å². The van der Waals surface area contributed by atoms with Crippen molar-refractivity contribution in [2.75, 3.05) is 5.73 Å². The molecule has 4 nitrogen and oxygen atoms in total. The first-order chi connectivity index (χ1) is 5.70. The molecule has 0 bridgehead atoms. The summed E-state index contributed by atoms with van der Waals surface area (Å²) >= 11 is 0. The van der Waals surface area contributed by atoms with Crippen LogP contribution in [0, 0.1) is 5.92 Å². The molecule has 1 aromatic heterocycles. The van der Waals surface area contributed by atoms with E-state index >= 15 is 0 Å². The Kier molecular flexibility index (Phi) is 2.74. The fraction of sp³-hybridized carbons (Fsp3) is 0.375. The molecule has 1 heterocycles. The van der Waals surface area contributed by atoms with E-state index in [0.29, 0.717) is 17.4 Å². The van der Waals surface area contributed by atoms with Gasteiger partial charge < -0.3 is 5.73 Å². The Hall–Kier alpha value is -1.45. The zero-order valence-electron chi connectivity index (χ0n) is 7.23. The minimum Gasteiger partial charge on any atom is -0.382 e. The van der Waals surface area contributed by atoms with Gasteiger partial charge in [-0.15, -0.1) is 0 Å². The van der Waals surface area contributed by atoms with Gasteiger partial charge in [0.25, 0.3) is 0 Å². The summed E-state index contributed by atoms with van der Waals surface area (Å²) in [6, 6.07) is 0. The van der Waals surface area contributed by atoms with Crippen LogP contribution >= 0.6 is 0 Å². The minimum atomic E-state index is 0.407. The van der Waals surface area contributed by atoms with Crippen LogP contribution in [0.15, 0.2) is 17.5 Å². The largest absolute Gasteiger partial charge is 0.382 e. The van der Waals surface area contributed by atoms with Crippen LogP contribution in [0.1, 0.15) is 13.8 Å². The van der Waals surface area contributed by atoms with Gasteiger partial charge in [0, 0.05) is 6.21 Å². The van der Waals surface area contributed by atoms with E-state index < -0.39 is 0 Å². The quantitative estimate of drug-likeness (QED) is 0.672. The van der Waals surface area contributed by atoms with Crippen molar-refractivity contribution >= 4 is 17.7 Å². The first-order valence-corrected chi connectivity index (χ1v) is 3.80. The SMILES string of the molecule is CC(C)C=Nc1cncnc1N. The highest BCUT2D eigenvalue weighted by Crippen LogP contribution is 2.15. The molecule has 64 valence electrons. The molecule has 0 amide bonds. The number of hydrogen-bond donors (Lipinski definition) is 1. The standard InChI is InChI=1S/C8H12N4/c1-6(2)3-11-7-4-10-5-12-8(7)9/h3-6H,1-2H3,(H2,9,10,12). The number of rotatable bonds is 2. The Morgan fingerprint density at radius 1 is 1.58 bits per heavy atom. The third-order valence-corrected chi connectivity index (χ3v) is 1.23. The molecule has 0 radical (unpaired) electrons. The Morgan fingerprint density at radius 3 is 2.92 bits per heavy atom. The van der Waals surface area contributed by atoms with Crippen molar-refractivity contribution in [3.63, 3.8) is 0 Å². The predicted molar refractivity (Wildman–Crippen MR) is 49.4 cm³/mol. The monoisotopic (exact) mass is 164 g/mol. The van der Waals surface area contributed by atoms with Gasteiger partial charge in [-0.25, -0.2) is 9.97 Å². The second kappa shape index (κ2) is 3.80. The lowest BCUT2D eigenvalue weighted by molar-refractivity contribution is 0.907. The van der Waals surface area contributed by atoms with E-state index in [0.717, 1.165) is 0 Å². The number of nitrogens with two attached hydrogens (primary N) is 1. The Morgan fingerprint density at radius 2 is 2.33 bits per heavy atom. The fourth-order valence-electron chi connectivity index (χ4n) is 0.661. The maximum Gasteiger partial charge on any atom is 0.152 e. The topological polar surface area (TPSA) is 64.2 Å². The third-order valence-electron chi connectivity index (χ3n) is 1.23. The first-order valence-electron chi connectivity index (χ1n) is 3.80. The predicted octanol–water partition coefficient (Wildman–Crippen LogP) is 1.42. The van der Waals surface area contributed by atoms with Gasteiger partial charge in [0.05, 0.1) is 6.20 Å². The van der Waals surface area contributed by atoms with Crippen LogP contribution in [0.5, 0.6) is 0 Å². The van der Waals surface area contributed by atoms with Gasteiger partial charge in [-0.05, 0) is 5.92 Å². The molecule has 0 saturated carbocycles. The Labute approximate surface area is 71.6 Å². The fourth-order valence-corrected chi connectivity index (χ4v) is 0.661. The van der Waals surface area contributed by atoms with Crippen LogP contribution < -0.4 is 5.73 Å². The number of anilines is 1. The van der Waals surface area contributed by atoms with Crippen molar-refractivity contribution in [2.24, 2.45) is 10.9 Å². The van der Waals surface area contributed by atoms with E-state index in [1.165, 1.54) is 6.33 Å². The van der Waals surface area contributed by atoms with Crippen molar-refractivity contribution in [3.05, 3.63) is 12.5 Å². The van der Waals surface area contributed by atoms with Crippen LogP contribution in [0.3, 0.4) is 0 Å². The maximum absolute atomic E-state index is 5.54. The summed E-state index contributed by atoms with van der Waals surface area (Å²) in [6.07, 6.45) is 4.82. The molecule has 0 unspecified atom stereocenters. The van der Waals surface area contributed by atoms with Gasteiger partial charge in [0.1, 0.15) is 12.0 Å². The zero-order chi connectivity index (χ0) is 8.97. The highest BCUT2D eigenvalue weighted by Gasteiger charge is 1.95. The van der Waals surface area contributed by atoms with E-state index in [-0.39, 0.29) is 0 Å². The third kappa shape index (κ3) is 2.30. The molecule has 0 spiro atoms. The highest BCUT2D eigenvalue weighted by atomic mass is 14.9. The molecular weight excluding hydrogens is 152 g/mol. The second-order valence-electron chi connectivity index (χ2n) is 2.82. The van der Waals surface area contributed by atoms with E-state index in [4.69, 9.17) is 5.73 Å². The van der Waals surface area contributed by atoms with Crippen molar-refractivity contribution in [1.29, 1.82) is 0 Å². The molecule has 0 saturated heterocycles. The highest BCUT2D eigenvalue weighted by molar-refractivity contribution is 5.68. The Bertz CT molecular complexity index is 280. The van der Waals surface area contributed by atoms with Gasteiger partial charge in [0.2, 0.25) is 0 Å². The average molecular weight is 164 g/mol. The molecule has 0 aliphatic rings. The lowest BCUT2D eigenvalue weighted by Gasteiger charge is -1.97. The molecule has 1 rings (SSSR count). The summed E-state index contributed by atoms with van der Waals surface area (Å²) in [5.41, 5.74) is 6.17. The molecule has 0 fully saturated rings. The zero-order valence-corrected chi connectivity index (χ0v) is 7.23. The molecule has 0 aliphatic heterocycles. The number of nitrogen functional groups attached to an aromatic ring is 1. The number of aromatic nitrogens is 2. The van der Waals surface area contributed by atoms with Gasteiger partial charge in [0.15, 0.2) is 5.82 Å². The van der Waals surface area contributed by atoms with Crippen LogP contribution in [-0.4, -0.2) is 16.2 Å². The minimum absolute atomic E-state index is 0.407. The molecule has 2 N–H and O–H groups in total. The molecule has 12 heavy (non-hydrogen) atoms. The summed E-state index contributed by atoms with van der Waals surface area (Å²) in [4.78, 5) is 11.8. The first kappa shape index (κ1) is 8.64. The van der Waals surface area contributed by atoms with Crippen LogP contribution in [0.4, 0.5) is 11.5 Å². The maximum atomic E-state index is 5.54. The van der Waals surface area contributed by atoms with Gasteiger partial charge in [-0.1, -0.05) is 13.8 Å². The smallest absolute Gasteiger partial charge is 0.152 e. The van der Waals surface area contributed by atoms with Gasteiger partial charge in [-0.2, -0.15) is 0 Å². The van der Waals surface area contributed by atoms with Crippen LogP contribution in [0.25, 0.3) is 0 Å². The lowest BCUT2D eigenvalue weighted by atomic mass is 10.2. The summed E-state index contributed by atoms with van der Waals surface area (Å²) in [6.45, 7) is 4.09. The molecular formula is C8H12N4. The number of aliphatic imine (C=N–C) groups is 1. The average Bonchev–Trinajstić information content (AvgIpc) is 2.03. The van der Waals surface area contributed by atoms with Gasteiger partial charge >= 0.3 is 0 Å². The normalized spacial score (nSPS) is 11.2. The number of nitrogens with zero attached hydrogens (tertiary/aromatic N) is 3. The van der Waals surface area contributed by atoms with E-state index in [9.17, 15) is 0 Å². The summed E-state index contributed by atoms with van der Waals surface area (Å²) in [5, 5.41) is 0. The van der Waals surface area contributed by atoms with Gasteiger partial charge in [-0.3, -0.25) is 4.99 Å². The molecule has 0 aromatic carbocycles.